The second-order valence-corrected chi connectivity index (χ2v) is 22.6. The summed E-state index contributed by atoms with van der Waals surface area (Å²) in [6.07, 6.45) is -18.3. The number of carbonyl (C=O) groups excluding carboxylic acids is 1. The molecule has 26 atom stereocenters. The fourth-order valence-corrected chi connectivity index (χ4v) is 14.4. The van der Waals surface area contributed by atoms with E-state index < -0.39 is 157 Å². The molecule has 3 saturated carbocycles. The van der Waals surface area contributed by atoms with Gasteiger partial charge in [0.1, 0.15) is 72.6 Å². The molecule has 4 saturated heterocycles. The Morgan fingerprint density at radius 3 is 2.09 bits per heavy atom. The molecule has 11 N–H and O–H groups in total. The molecule has 0 radical (unpaired) electrons. The molecule has 66 heavy (non-hydrogen) atoms. The lowest BCUT2D eigenvalue weighted by Crippen LogP contribution is -2.68. The lowest BCUT2D eigenvalue weighted by atomic mass is 9.34. The van der Waals surface area contributed by atoms with Crippen LogP contribution in [0, 0.1) is 44.8 Å². The van der Waals surface area contributed by atoms with Crippen molar-refractivity contribution < 1.29 is 94.1 Å². The number of cyclic esters (lactones) is 1. The largest absolute Gasteiger partial charge is 0.461 e. The van der Waals surface area contributed by atoms with Crippen LogP contribution in [-0.2, 0) is 38.0 Å². The normalized spacial score (nSPS) is 54.7. The maximum atomic E-state index is 14.0. The maximum Gasteiger partial charge on any atom is 0.315 e. The number of esters is 1. The zero-order valence-corrected chi connectivity index (χ0v) is 39.3. The highest BCUT2D eigenvalue weighted by Gasteiger charge is 2.71. The molecule has 19 nitrogen and oxygen atoms in total. The topological polar surface area (TPSA) is 304 Å². The van der Waals surface area contributed by atoms with E-state index in [1.807, 2.05) is 6.92 Å². The molecular weight excluding hydrogens is 868 g/mol. The van der Waals surface area contributed by atoms with Crippen molar-refractivity contribution in [1.29, 1.82) is 0 Å². The van der Waals surface area contributed by atoms with E-state index in [9.17, 15) is 61.0 Å². The van der Waals surface area contributed by atoms with Crippen molar-refractivity contribution in [2.45, 2.75) is 217 Å². The van der Waals surface area contributed by atoms with Gasteiger partial charge in [-0.25, -0.2) is 0 Å². The molecule has 4 aliphatic carbocycles. The van der Waals surface area contributed by atoms with Crippen LogP contribution in [-0.4, -0.2) is 192 Å². The van der Waals surface area contributed by atoms with Gasteiger partial charge in [-0.3, -0.25) is 4.79 Å². The van der Waals surface area contributed by atoms with Gasteiger partial charge in [0, 0.05) is 12.3 Å². The zero-order valence-electron chi connectivity index (χ0n) is 39.3. The molecule has 26 unspecified atom stereocenters. The predicted octanol–water partition coefficient (Wildman–Crippen LogP) is -0.874. The van der Waals surface area contributed by atoms with Crippen molar-refractivity contribution in [2.24, 2.45) is 44.8 Å². The third kappa shape index (κ3) is 7.77. The molecular formula is C47H76O19. The zero-order chi connectivity index (χ0) is 48.4. The van der Waals surface area contributed by atoms with E-state index in [-0.39, 0.29) is 30.3 Å². The van der Waals surface area contributed by atoms with Crippen molar-refractivity contribution in [3.8, 4) is 0 Å². The molecule has 378 valence electrons. The van der Waals surface area contributed by atoms with E-state index in [1.165, 1.54) is 6.92 Å². The van der Waals surface area contributed by atoms with Crippen molar-refractivity contribution >= 4 is 5.97 Å². The monoisotopic (exact) mass is 944 g/mol. The number of carbonyl (C=O) groups is 1. The third-order valence-electron chi connectivity index (χ3n) is 18.9. The summed E-state index contributed by atoms with van der Waals surface area (Å²) in [5, 5.41) is 119. The van der Waals surface area contributed by atoms with E-state index in [2.05, 4.69) is 40.7 Å². The highest BCUT2D eigenvalue weighted by atomic mass is 16.8. The fraction of sp³-hybridized carbons (Fsp3) is 0.936. The van der Waals surface area contributed by atoms with E-state index >= 15 is 0 Å². The summed E-state index contributed by atoms with van der Waals surface area (Å²) in [5.41, 5.74) is -2.33. The van der Waals surface area contributed by atoms with E-state index in [0.717, 1.165) is 18.4 Å². The lowest BCUT2D eigenvalue weighted by Gasteiger charge is -2.70. The Bertz CT molecular complexity index is 1800. The molecule has 0 aromatic rings. The van der Waals surface area contributed by atoms with Crippen LogP contribution < -0.4 is 0 Å². The Balaban J connectivity index is 0.979. The average molecular weight is 945 g/mol. The molecule has 0 bridgehead atoms. The second kappa shape index (κ2) is 18.0. The van der Waals surface area contributed by atoms with Crippen molar-refractivity contribution in [3.63, 3.8) is 0 Å². The molecule has 8 aliphatic rings. The van der Waals surface area contributed by atoms with Gasteiger partial charge in [-0.1, -0.05) is 47.6 Å². The Kier molecular flexibility index (Phi) is 13.9. The molecule has 4 aliphatic heterocycles. The van der Waals surface area contributed by atoms with Crippen LogP contribution in [0.1, 0.15) is 100 Å². The Morgan fingerprint density at radius 2 is 1.41 bits per heavy atom. The van der Waals surface area contributed by atoms with Gasteiger partial charge in [0.2, 0.25) is 0 Å². The highest BCUT2D eigenvalue weighted by molar-refractivity contribution is 5.81. The second-order valence-electron chi connectivity index (χ2n) is 22.6. The number of fused-ring (bicyclic) bond motifs is 5. The van der Waals surface area contributed by atoms with Gasteiger partial charge in [-0.15, -0.1) is 0 Å². The van der Waals surface area contributed by atoms with Crippen LogP contribution in [0.15, 0.2) is 11.6 Å². The SMILES string of the molecule is CC(OC1OC(CO)C(O)C(O)C1O)C(C)C1CC2(CCC3(C)C(=CCC4C5(C)CC(O)C(OC6OCC(O)C(O)C6OC6OC(C)C(O)C(O)C6O)C(C)(C)C5CCC43C)C2O)C(=O)O1. The number of allylic oxidation sites excluding steroid dienone is 1. The van der Waals surface area contributed by atoms with Crippen molar-refractivity contribution in [2.75, 3.05) is 13.2 Å². The fourth-order valence-electron chi connectivity index (χ4n) is 14.4. The van der Waals surface area contributed by atoms with E-state index in [0.29, 0.717) is 25.7 Å². The van der Waals surface area contributed by atoms with Crippen LogP contribution in [0.25, 0.3) is 0 Å². The Morgan fingerprint density at radius 1 is 0.742 bits per heavy atom. The minimum Gasteiger partial charge on any atom is -0.461 e. The molecule has 0 aromatic carbocycles. The van der Waals surface area contributed by atoms with Gasteiger partial charge >= 0.3 is 5.97 Å². The third-order valence-corrected chi connectivity index (χ3v) is 18.9. The van der Waals surface area contributed by atoms with Crippen LogP contribution in [0.4, 0.5) is 0 Å². The standard InChI is InChI=1S/C47H76O19/c1-19(20(2)61-39-35(57)33(55)31(53)26(17-48)63-39)25-16-47(42(59)64-25)14-13-45(7)22(37(47)58)9-10-28-44(6)15-23(49)38(43(4,5)27(44)11-12-46(28,45)8)66-41-36(30(52)24(50)18-60-41)65-40-34(56)32(54)29(51)21(3)62-40/h9,19-21,23-41,48-58H,10-18H2,1-8H3. The van der Waals surface area contributed by atoms with Crippen molar-refractivity contribution in [1.82, 2.24) is 0 Å². The van der Waals surface area contributed by atoms with Gasteiger partial charge in [-0.05, 0) is 91.4 Å². The Hall–Kier alpha value is -1.47. The molecule has 8 rings (SSSR count). The smallest absolute Gasteiger partial charge is 0.315 e. The molecule has 19 heteroatoms. The molecule has 4 heterocycles. The van der Waals surface area contributed by atoms with E-state index in [1.54, 1.807) is 6.92 Å². The van der Waals surface area contributed by atoms with Gasteiger partial charge in [0.15, 0.2) is 18.9 Å². The minimum atomic E-state index is -1.68. The summed E-state index contributed by atoms with van der Waals surface area (Å²) in [4.78, 5) is 14.0. The molecule has 7 fully saturated rings. The number of aliphatic hydroxyl groups is 11. The number of aliphatic hydroxyl groups excluding tert-OH is 11. The van der Waals surface area contributed by atoms with Gasteiger partial charge < -0.3 is 89.3 Å². The van der Waals surface area contributed by atoms with Crippen molar-refractivity contribution in [3.05, 3.63) is 11.6 Å². The number of rotatable bonds is 9. The van der Waals surface area contributed by atoms with Gasteiger partial charge in [0.25, 0.3) is 0 Å². The van der Waals surface area contributed by atoms with Gasteiger partial charge in [0.05, 0.1) is 43.7 Å². The first-order chi connectivity index (χ1) is 30.8. The molecule has 0 aromatic heterocycles. The summed E-state index contributed by atoms with van der Waals surface area (Å²) in [6, 6.07) is 0. The number of ether oxygens (including phenoxy) is 7. The molecule has 0 amide bonds. The average Bonchev–Trinajstić information content (AvgIpc) is 3.60. The first kappa shape index (κ1) is 50.9. The maximum absolute atomic E-state index is 14.0. The predicted molar refractivity (Wildman–Crippen MR) is 227 cm³/mol. The van der Waals surface area contributed by atoms with Crippen LogP contribution >= 0.6 is 0 Å². The highest BCUT2D eigenvalue weighted by Crippen LogP contribution is 2.74. The summed E-state index contributed by atoms with van der Waals surface area (Å²) in [7, 11) is 0. The number of hydrogen-bond acceptors (Lipinski definition) is 19. The Labute approximate surface area is 385 Å². The number of hydrogen-bond donors (Lipinski definition) is 11. The van der Waals surface area contributed by atoms with E-state index in [4.69, 9.17) is 33.2 Å². The first-order valence-corrected chi connectivity index (χ1v) is 24.0. The van der Waals surface area contributed by atoms with Crippen LogP contribution in [0.2, 0.25) is 0 Å². The molecule has 1 spiro atoms. The summed E-state index contributed by atoms with van der Waals surface area (Å²) < 4.78 is 41.8. The van der Waals surface area contributed by atoms with Gasteiger partial charge in [-0.2, -0.15) is 0 Å². The quantitative estimate of drug-likeness (QED) is 0.0760. The van der Waals surface area contributed by atoms with Crippen LogP contribution in [0.5, 0.6) is 0 Å². The summed E-state index contributed by atoms with van der Waals surface area (Å²) >= 11 is 0. The lowest BCUT2D eigenvalue weighted by molar-refractivity contribution is -0.369. The first-order valence-electron chi connectivity index (χ1n) is 24.0. The summed E-state index contributed by atoms with van der Waals surface area (Å²) in [6.45, 7) is 15.0. The van der Waals surface area contributed by atoms with Crippen LogP contribution in [0.3, 0.4) is 0 Å². The summed E-state index contributed by atoms with van der Waals surface area (Å²) in [5.74, 6) is -0.830. The minimum absolute atomic E-state index is 0.0218.